The molecule has 1 aliphatic rings. The predicted octanol–water partition coefficient (Wildman–Crippen LogP) is 3.26. The largest absolute Gasteiger partial charge is 0.497 e. The zero-order valence-electron chi connectivity index (χ0n) is 10.6. The van der Waals surface area contributed by atoms with Crippen LogP contribution in [0, 0.1) is 0 Å². The van der Waals surface area contributed by atoms with Gasteiger partial charge in [0.25, 0.3) is 11.8 Å². The molecule has 0 N–H and O–H groups in total. The molecule has 0 bridgehead atoms. The fourth-order valence-electron chi connectivity index (χ4n) is 2.20. The highest BCUT2D eigenvalue weighted by atomic mass is 79.9. The zero-order chi connectivity index (χ0) is 14.3. The molecule has 5 heteroatoms. The van der Waals surface area contributed by atoms with Gasteiger partial charge in [-0.1, -0.05) is 12.1 Å². The minimum atomic E-state index is -0.309. The van der Waals surface area contributed by atoms with Crippen molar-refractivity contribution in [2.24, 2.45) is 0 Å². The Morgan fingerprint density at radius 3 is 2.10 bits per heavy atom. The van der Waals surface area contributed by atoms with Crippen molar-refractivity contribution in [1.29, 1.82) is 0 Å². The van der Waals surface area contributed by atoms with Gasteiger partial charge in [-0.25, -0.2) is 4.90 Å². The maximum absolute atomic E-state index is 12.4. The summed E-state index contributed by atoms with van der Waals surface area (Å²) < 4.78 is 5.74. The predicted molar refractivity (Wildman–Crippen MR) is 78.3 cm³/mol. The highest BCUT2D eigenvalue weighted by molar-refractivity contribution is 9.10. The summed E-state index contributed by atoms with van der Waals surface area (Å²) in [7, 11) is 1.56. The van der Waals surface area contributed by atoms with Crippen LogP contribution in [0.4, 0.5) is 5.69 Å². The molecule has 100 valence electrons. The molecule has 4 nitrogen and oxygen atoms in total. The molecule has 0 saturated heterocycles. The van der Waals surface area contributed by atoms with Gasteiger partial charge in [0.2, 0.25) is 0 Å². The average Bonchev–Trinajstić information content (AvgIpc) is 2.72. The molecule has 1 aliphatic heterocycles. The Bertz CT molecular complexity index is 692. The fraction of sp³-hybridized carbons (Fsp3) is 0.0667. The number of rotatable bonds is 2. The van der Waals surface area contributed by atoms with E-state index in [0.717, 1.165) is 0 Å². The number of fused-ring (bicyclic) bond motifs is 1. The van der Waals surface area contributed by atoms with Crippen molar-refractivity contribution in [3.63, 3.8) is 0 Å². The molecule has 2 aromatic rings. The van der Waals surface area contributed by atoms with Gasteiger partial charge < -0.3 is 4.74 Å². The van der Waals surface area contributed by atoms with Crippen molar-refractivity contribution in [2.75, 3.05) is 12.0 Å². The normalized spacial score (nSPS) is 13.6. The third-order valence-electron chi connectivity index (χ3n) is 3.19. The van der Waals surface area contributed by atoms with Crippen molar-refractivity contribution in [1.82, 2.24) is 0 Å². The quantitative estimate of drug-likeness (QED) is 0.793. The minimum Gasteiger partial charge on any atom is -0.497 e. The van der Waals surface area contributed by atoms with Crippen LogP contribution in [-0.4, -0.2) is 18.9 Å². The first-order valence-corrected chi connectivity index (χ1v) is 6.74. The number of methoxy groups -OCH3 is 1. The number of anilines is 1. The van der Waals surface area contributed by atoms with Gasteiger partial charge in [0.05, 0.1) is 23.9 Å². The van der Waals surface area contributed by atoms with E-state index in [2.05, 4.69) is 15.9 Å². The lowest BCUT2D eigenvalue weighted by Gasteiger charge is -2.16. The third-order valence-corrected chi connectivity index (χ3v) is 3.82. The first-order valence-electron chi connectivity index (χ1n) is 5.95. The van der Waals surface area contributed by atoms with Crippen molar-refractivity contribution in [2.45, 2.75) is 0 Å². The first kappa shape index (κ1) is 12.9. The number of carbonyl (C=O) groups is 2. The first-order chi connectivity index (χ1) is 9.63. The Morgan fingerprint density at radius 1 is 1.00 bits per heavy atom. The summed E-state index contributed by atoms with van der Waals surface area (Å²) in [6.07, 6.45) is 0. The maximum atomic E-state index is 12.4. The molecule has 2 amide bonds. The molecule has 1 heterocycles. The van der Waals surface area contributed by atoms with E-state index in [1.807, 2.05) is 0 Å². The fourth-order valence-corrected chi connectivity index (χ4v) is 2.74. The van der Waals surface area contributed by atoms with Crippen LogP contribution in [0.5, 0.6) is 5.75 Å². The van der Waals surface area contributed by atoms with Gasteiger partial charge >= 0.3 is 0 Å². The molecule has 20 heavy (non-hydrogen) atoms. The Hall–Kier alpha value is -2.14. The summed E-state index contributed by atoms with van der Waals surface area (Å²) in [4.78, 5) is 25.9. The van der Waals surface area contributed by atoms with Crippen LogP contribution < -0.4 is 9.64 Å². The number of halogens is 1. The maximum Gasteiger partial charge on any atom is 0.266 e. The number of amides is 2. The lowest BCUT2D eigenvalue weighted by atomic mass is 10.1. The number of imide groups is 1. The van der Waals surface area contributed by atoms with E-state index >= 15 is 0 Å². The van der Waals surface area contributed by atoms with Crippen molar-refractivity contribution >= 4 is 33.4 Å². The SMILES string of the molecule is COc1ccc(N2C(=O)c3ccccc3C2=O)c(Br)c1. The lowest BCUT2D eigenvalue weighted by molar-refractivity contribution is 0.0926. The number of hydrogen-bond donors (Lipinski definition) is 0. The van der Waals surface area contributed by atoms with E-state index < -0.39 is 0 Å². The van der Waals surface area contributed by atoms with E-state index in [-0.39, 0.29) is 11.8 Å². The van der Waals surface area contributed by atoms with Gasteiger partial charge in [-0.2, -0.15) is 0 Å². The van der Waals surface area contributed by atoms with E-state index in [9.17, 15) is 9.59 Å². The zero-order valence-corrected chi connectivity index (χ0v) is 12.2. The van der Waals surface area contributed by atoms with E-state index in [0.29, 0.717) is 27.0 Å². The number of nitrogens with zero attached hydrogens (tertiary/aromatic N) is 1. The molecule has 0 atom stereocenters. The second-order valence-corrected chi connectivity index (χ2v) is 5.16. The summed E-state index contributed by atoms with van der Waals surface area (Å²) in [5.74, 6) is 0.0326. The number of benzene rings is 2. The molecule has 0 aromatic heterocycles. The van der Waals surface area contributed by atoms with Crippen LogP contribution in [0.15, 0.2) is 46.9 Å². The van der Waals surface area contributed by atoms with Gasteiger partial charge in [0.15, 0.2) is 0 Å². The highest BCUT2D eigenvalue weighted by Gasteiger charge is 2.37. The summed E-state index contributed by atoms with van der Waals surface area (Å²) in [6, 6.07) is 11.9. The summed E-state index contributed by atoms with van der Waals surface area (Å²) in [5.41, 5.74) is 1.37. The van der Waals surface area contributed by atoms with Crippen LogP contribution in [0.2, 0.25) is 0 Å². The number of hydrogen-bond acceptors (Lipinski definition) is 3. The topological polar surface area (TPSA) is 46.6 Å². The van der Waals surface area contributed by atoms with Crippen molar-refractivity contribution < 1.29 is 14.3 Å². The molecule has 0 fully saturated rings. The highest BCUT2D eigenvalue weighted by Crippen LogP contribution is 2.35. The second-order valence-electron chi connectivity index (χ2n) is 4.31. The summed E-state index contributed by atoms with van der Waals surface area (Å²) in [6.45, 7) is 0. The van der Waals surface area contributed by atoms with Crippen molar-refractivity contribution in [3.8, 4) is 5.75 Å². The molecule has 3 rings (SSSR count). The lowest BCUT2D eigenvalue weighted by Crippen LogP contribution is -2.29. The Labute approximate surface area is 124 Å². The minimum absolute atomic E-state index is 0.309. The molecular weight excluding hydrogens is 322 g/mol. The van der Waals surface area contributed by atoms with Gasteiger partial charge in [-0.05, 0) is 46.3 Å². The number of ether oxygens (including phenoxy) is 1. The molecular formula is C15H10BrNO3. The average molecular weight is 332 g/mol. The van der Waals surface area contributed by atoms with E-state index in [1.54, 1.807) is 49.6 Å². The van der Waals surface area contributed by atoms with Gasteiger partial charge in [0, 0.05) is 4.47 Å². The molecule has 2 aromatic carbocycles. The van der Waals surface area contributed by atoms with Crippen molar-refractivity contribution in [3.05, 3.63) is 58.1 Å². The Balaban J connectivity index is 2.09. The molecule has 0 saturated carbocycles. The standard InChI is InChI=1S/C15H10BrNO3/c1-20-9-6-7-13(12(16)8-9)17-14(18)10-4-2-3-5-11(10)15(17)19/h2-8H,1H3. The third kappa shape index (κ3) is 1.82. The summed E-state index contributed by atoms with van der Waals surface area (Å²) in [5, 5.41) is 0. The second kappa shape index (κ2) is 4.76. The molecule has 0 aliphatic carbocycles. The van der Waals surface area contributed by atoms with Crippen LogP contribution in [-0.2, 0) is 0 Å². The van der Waals surface area contributed by atoms with Gasteiger partial charge in [0.1, 0.15) is 5.75 Å². The van der Waals surface area contributed by atoms with Gasteiger partial charge in [-0.3, -0.25) is 9.59 Å². The smallest absolute Gasteiger partial charge is 0.266 e. The molecule has 0 spiro atoms. The number of carbonyl (C=O) groups excluding carboxylic acids is 2. The van der Waals surface area contributed by atoms with Crippen LogP contribution in [0.3, 0.4) is 0 Å². The van der Waals surface area contributed by atoms with Crippen LogP contribution in [0.25, 0.3) is 0 Å². The van der Waals surface area contributed by atoms with Gasteiger partial charge in [-0.15, -0.1) is 0 Å². The van der Waals surface area contributed by atoms with Crippen LogP contribution in [0.1, 0.15) is 20.7 Å². The molecule has 0 radical (unpaired) electrons. The monoisotopic (exact) mass is 331 g/mol. The Kier molecular flexibility index (Phi) is 3.06. The summed E-state index contributed by atoms with van der Waals surface area (Å²) >= 11 is 3.37. The van der Waals surface area contributed by atoms with E-state index in [4.69, 9.17) is 4.74 Å². The Morgan fingerprint density at radius 2 is 1.60 bits per heavy atom. The van der Waals surface area contributed by atoms with E-state index in [1.165, 1.54) is 4.90 Å². The molecule has 0 unspecified atom stereocenters. The van der Waals surface area contributed by atoms with Crippen LogP contribution >= 0.6 is 15.9 Å².